The molecule has 0 aromatic carbocycles. The molecule has 0 spiro atoms. The average Bonchev–Trinajstić information content (AvgIpc) is 1.96. The van der Waals surface area contributed by atoms with Crippen LogP contribution in [0.1, 0.15) is 27.7 Å². The highest BCUT2D eigenvalue weighted by molar-refractivity contribution is 5.91. The molecule has 0 aliphatic carbocycles. The normalized spacial score (nSPS) is 22.6. The lowest BCUT2D eigenvalue weighted by atomic mass is 9.99. The molecular weight excluding hydrogens is 206 g/mol. The van der Waals surface area contributed by atoms with Crippen LogP contribution in [0.4, 0.5) is 0 Å². The lowest BCUT2D eigenvalue weighted by Gasteiger charge is -2.47. The summed E-state index contributed by atoms with van der Waals surface area (Å²) in [6.07, 6.45) is 0. The first kappa shape index (κ1) is 12.8. The first-order valence-corrected chi connectivity index (χ1v) is 5.25. The van der Waals surface area contributed by atoms with Crippen molar-refractivity contribution in [1.29, 1.82) is 5.41 Å². The minimum atomic E-state index is -0.313. The van der Waals surface area contributed by atoms with Crippen LogP contribution in [0.5, 0.6) is 0 Å². The molecule has 0 radical (unpaired) electrons. The van der Waals surface area contributed by atoms with Crippen LogP contribution in [0, 0.1) is 5.41 Å². The molecule has 6 heteroatoms. The van der Waals surface area contributed by atoms with E-state index >= 15 is 0 Å². The van der Waals surface area contributed by atoms with Crippen molar-refractivity contribution in [3.05, 3.63) is 0 Å². The molecular formula is C10H21N5O. The fourth-order valence-corrected chi connectivity index (χ4v) is 2.13. The Labute approximate surface area is 96.2 Å². The molecule has 0 aromatic heterocycles. The summed E-state index contributed by atoms with van der Waals surface area (Å²) in [5, 5.41) is 7.79. The molecule has 0 aromatic rings. The standard InChI is InChI=1S/C10H21N5O/c1-9(2)5-15(6-10(3,4)16-9)8(13)14-7(11)12/h5-6H2,1-4H3,(H5,11,12,13,14). The van der Waals surface area contributed by atoms with Crippen molar-refractivity contribution in [2.45, 2.75) is 38.9 Å². The lowest BCUT2D eigenvalue weighted by Crippen LogP contribution is -2.58. The second kappa shape index (κ2) is 3.93. The van der Waals surface area contributed by atoms with Crippen molar-refractivity contribution < 1.29 is 4.74 Å². The van der Waals surface area contributed by atoms with Crippen molar-refractivity contribution >= 4 is 11.9 Å². The van der Waals surface area contributed by atoms with E-state index in [4.69, 9.17) is 21.6 Å². The molecule has 1 saturated heterocycles. The van der Waals surface area contributed by atoms with Crippen molar-refractivity contribution in [3.63, 3.8) is 0 Å². The van der Waals surface area contributed by atoms with E-state index in [1.807, 2.05) is 32.6 Å². The summed E-state index contributed by atoms with van der Waals surface area (Å²) in [5.74, 6) is -0.00319. The molecule has 6 nitrogen and oxygen atoms in total. The van der Waals surface area contributed by atoms with Crippen LogP contribution in [-0.2, 0) is 4.74 Å². The van der Waals surface area contributed by atoms with Gasteiger partial charge in [0.1, 0.15) is 0 Å². The lowest BCUT2D eigenvalue weighted by molar-refractivity contribution is -0.167. The number of hydrogen-bond acceptors (Lipinski definition) is 2. The molecule has 0 amide bonds. The average molecular weight is 227 g/mol. The maximum Gasteiger partial charge on any atom is 0.221 e. The van der Waals surface area contributed by atoms with Crippen LogP contribution in [0.15, 0.2) is 4.99 Å². The number of nitrogens with two attached hydrogens (primary N) is 2. The summed E-state index contributed by atoms with van der Waals surface area (Å²) in [5.41, 5.74) is 9.90. The number of nitrogens with zero attached hydrogens (tertiary/aromatic N) is 2. The van der Waals surface area contributed by atoms with Gasteiger partial charge in [0.25, 0.3) is 0 Å². The van der Waals surface area contributed by atoms with E-state index in [1.54, 1.807) is 0 Å². The minimum Gasteiger partial charge on any atom is -0.370 e. The van der Waals surface area contributed by atoms with Gasteiger partial charge in [-0.15, -0.1) is 0 Å². The van der Waals surface area contributed by atoms with E-state index in [2.05, 4.69) is 4.99 Å². The van der Waals surface area contributed by atoms with E-state index < -0.39 is 0 Å². The number of ether oxygens (including phenoxy) is 1. The Kier molecular flexibility index (Phi) is 3.14. The van der Waals surface area contributed by atoms with Crippen LogP contribution in [-0.4, -0.2) is 41.1 Å². The van der Waals surface area contributed by atoms with Crippen molar-refractivity contribution in [2.75, 3.05) is 13.1 Å². The van der Waals surface area contributed by atoms with E-state index in [0.29, 0.717) is 13.1 Å². The molecule has 0 bridgehead atoms. The maximum absolute atomic E-state index is 7.79. The van der Waals surface area contributed by atoms with Crippen molar-refractivity contribution in [3.8, 4) is 0 Å². The van der Waals surface area contributed by atoms with Gasteiger partial charge in [-0.2, -0.15) is 4.99 Å². The molecule has 1 rings (SSSR count). The summed E-state index contributed by atoms with van der Waals surface area (Å²) in [6, 6.07) is 0. The quantitative estimate of drug-likeness (QED) is 0.403. The minimum absolute atomic E-state index is 0.0875. The van der Waals surface area contributed by atoms with Crippen LogP contribution in [0.3, 0.4) is 0 Å². The maximum atomic E-state index is 7.79. The molecule has 1 aliphatic rings. The van der Waals surface area contributed by atoms with Gasteiger partial charge in [0.2, 0.25) is 5.96 Å². The molecule has 0 saturated carbocycles. The Hall–Kier alpha value is -1.30. The third-order valence-corrected chi connectivity index (χ3v) is 2.23. The van der Waals surface area contributed by atoms with E-state index in [9.17, 15) is 0 Å². The Bertz CT molecular complexity index is 301. The summed E-state index contributed by atoms with van der Waals surface area (Å²) < 4.78 is 5.90. The van der Waals surface area contributed by atoms with Gasteiger partial charge >= 0.3 is 0 Å². The number of rotatable bonds is 0. The Morgan fingerprint density at radius 3 is 2.00 bits per heavy atom. The van der Waals surface area contributed by atoms with Gasteiger partial charge in [0, 0.05) is 13.1 Å². The molecule has 0 atom stereocenters. The zero-order valence-electron chi connectivity index (χ0n) is 10.4. The first-order chi connectivity index (χ1) is 7.11. The van der Waals surface area contributed by atoms with Crippen LogP contribution >= 0.6 is 0 Å². The number of guanidine groups is 2. The second-order valence-electron chi connectivity index (χ2n) is 5.34. The molecule has 1 fully saturated rings. The zero-order chi connectivity index (χ0) is 12.6. The van der Waals surface area contributed by atoms with E-state index in [-0.39, 0.29) is 23.1 Å². The Morgan fingerprint density at radius 2 is 1.62 bits per heavy atom. The topological polar surface area (TPSA) is 101 Å². The largest absolute Gasteiger partial charge is 0.370 e. The van der Waals surface area contributed by atoms with Crippen molar-refractivity contribution in [2.24, 2.45) is 16.5 Å². The third kappa shape index (κ3) is 3.37. The van der Waals surface area contributed by atoms with Gasteiger partial charge in [-0.05, 0) is 27.7 Å². The van der Waals surface area contributed by atoms with Crippen LogP contribution < -0.4 is 11.5 Å². The second-order valence-corrected chi connectivity index (χ2v) is 5.34. The highest BCUT2D eigenvalue weighted by atomic mass is 16.5. The molecule has 16 heavy (non-hydrogen) atoms. The van der Waals surface area contributed by atoms with Gasteiger partial charge in [0.05, 0.1) is 11.2 Å². The van der Waals surface area contributed by atoms with Gasteiger partial charge in [-0.3, -0.25) is 5.41 Å². The summed E-state index contributed by atoms with van der Waals surface area (Å²) >= 11 is 0. The molecule has 0 unspecified atom stereocenters. The number of hydrogen-bond donors (Lipinski definition) is 3. The van der Waals surface area contributed by atoms with E-state index in [0.717, 1.165) is 0 Å². The highest BCUT2D eigenvalue weighted by Crippen LogP contribution is 2.28. The molecule has 5 N–H and O–H groups in total. The van der Waals surface area contributed by atoms with Crippen molar-refractivity contribution in [1.82, 2.24) is 4.90 Å². The predicted octanol–water partition coefficient (Wildman–Crippen LogP) is 0.0840. The molecule has 1 heterocycles. The fraction of sp³-hybridized carbons (Fsp3) is 0.800. The molecule has 92 valence electrons. The summed E-state index contributed by atoms with van der Waals surface area (Å²) in [6.45, 7) is 9.17. The number of morpholine rings is 1. The van der Waals surface area contributed by atoms with E-state index in [1.165, 1.54) is 0 Å². The van der Waals surface area contributed by atoms with Gasteiger partial charge < -0.3 is 21.1 Å². The predicted molar refractivity (Wildman–Crippen MR) is 64.4 cm³/mol. The molecule has 1 aliphatic heterocycles. The number of aliphatic imine (C=N–C) groups is 1. The van der Waals surface area contributed by atoms with Gasteiger partial charge in [0.15, 0.2) is 5.96 Å². The first-order valence-electron chi connectivity index (χ1n) is 5.25. The van der Waals surface area contributed by atoms with Crippen LogP contribution in [0.25, 0.3) is 0 Å². The Morgan fingerprint density at radius 1 is 1.19 bits per heavy atom. The zero-order valence-corrected chi connectivity index (χ0v) is 10.4. The smallest absolute Gasteiger partial charge is 0.221 e. The van der Waals surface area contributed by atoms with Crippen LogP contribution in [0.2, 0.25) is 0 Å². The number of nitrogens with one attached hydrogen (secondary N) is 1. The summed E-state index contributed by atoms with van der Waals surface area (Å²) in [4.78, 5) is 5.58. The summed E-state index contributed by atoms with van der Waals surface area (Å²) in [7, 11) is 0. The third-order valence-electron chi connectivity index (χ3n) is 2.23. The SMILES string of the molecule is CC1(C)CN(C(=N)N=C(N)N)CC(C)(C)O1. The van der Waals surface area contributed by atoms with Gasteiger partial charge in [-0.1, -0.05) is 0 Å². The monoisotopic (exact) mass is 227 g/mol. The highest BCUT2D eigenvalue weighted by Gasteiger charge is 2.39. The fourth-order valence-electron chi connectivity index (χ4n) is 2.13. The van der Waals surface area contributed by atoms with Gasteiger partial charge in [-0.25, -0.2) is 0 Å². The Balaban J connectivity index is 2.83.